The molecule has 0 bridgehead atoms. The molecule has 0 amide bonds. The molecule has 0 saturated heterocycles. The summed E-state index contributed by atoms with van der Waals surface area (Å²) in [6.45, 7) is 0. The van der Waals surface area contributed by atoms with E-state index in [-0.39, 0.29) is 0 Å². The van der Waals surface area contributed by atoms with Gasteiger partial charge in [-0.05, 0) is 54.1 Å². The molecule has 50 heavy (non-hydrogen) atoms. The van der Waals surface area contributed by atoms with Gasteiger partial charge in [-0.1, -0.05) is 97.1 Å². The number of nitrogens with zero attached hydrogens (tertiary/aromatic N) is 4. The largest absolute Gasteiger partial charge is 0.457 e. The first-order valence-electron chi connectivity index (χ1n) is 16.6. The number of hydrogen-bond acceptors (Lipinski definition) is 4. The molecule has 6 heteroatoms. The summed E-state index contributed by atoms with van der Waals surface area (Å²) in [6.07, 6.45) is 3.95. The number of hydrogen-bond donors (Lipinski definition) is 0. The smallest absolute Gasteiger partial charge is 0.137 e. The third kappa shape index (κ3) is 4.69. The van der Waals surface area contributed by atoms with Crippen LogP contribution in [0.3, 0.4) is 0 Å². The summed E-state index contributed by atoms with van der Waals surface area (Å²) in [6, 6.07) is 54.4. The molecule has 0 aliphatic rings. The van der Waals surface area contributed by atoms with Crippen molar-refractivity contribution in [1.29, 1.82) is 0 Å². The molecule has 0 unspecified atom stereocenters. The molecule has 0 radical (unpaired) electrons. The van der Waals surface area contributed by atoms with Crippen LogP contribution in [0, 0.1) is 0 Å². The zero-order chi connectivity index (χ0) is 33.0. The van der Waals surface area contributed by atoms with E-state index < -0.39 is 0 Å². The molecular weight excluding hydrogens is 633 g/mol. The quantitative estimate of drug-likeness (QED) is 0.178. The number of ether oxygens (including phenoxy) is 1. The van der Waals surface area contributed by atoms with E-state index in [0.717, 1.165) is 61.8 Å². The second-order valence-electron chi connectivity index (χ2n) is 12.3. The van der Waals surface area contributed by atoms with Crippen molar-refractivity contribution in [1.82, 2.24) is 19.3 Å². The molecular formula is C44H28N4OS. The van der Waals surface area contributed by atoms with Gasteiger partial charge in [-0.15, -0.1) is 11.3 Å². The van der Waals surface area contributed by atoms with E-state index in [2.05, 4.69) is 114 Å². The third-order valence-electron chi connectivity index (χ3n) is 9.28. The van der Waals surface area contributed by atoms with Crippen LogP contribution >= 0.6 is 11.3 Å². The minimum absolute atomic E-state index is 0.728. The molecule has 10 rings (SSSR count). The minimum atomic E-state index is 0.728. The highest BCUT2D eigenvalue weighted by Gasteiger charge is 2.20. The molecule has 0 atom stereocenters. The van der Waals surface area contributed by atoms with Gasteiger partial charge >= 0.3 is 0 Å². The fourth-order valence-corrected chi connectivity index (χ4v) is 8.16. The maximum absolute atomic E-state index is 6.61. The summed E-state index contributed by atoms with van der Waals surface area (Å²) in [4.78, 5) is 4.82. The van der Waals surface area contributed by atoms with E-state index in [1.54, 1.807) is 0 Å². The van der Waals surface area contributed by atoms with Crippen LogP contribution in [0.25, 0.3) is 75.9 Å². The maximum Gasteiger partial charge on any atom is 0.137 e. The van der Waals surface area contributed by atoms with Gasteiger partial charge in [0.1, 0.15) is 23.0 Å². The second kappa shape index (κ2) is 11.6. The Kier molecular flexibility index (Phi) is 6.60. The molecule has 6 aromatic carbocycles. The van der Waals surface area contributed by atoms with Crippen molar-refractivity contribution >= 4 is 53.3 Å². The van der Waals surface area contributed by atoms with Gasteiger partial charge in [-0.2, -0.15) is 5.10 Å². The van der Waals surface area contributed by atoms with Gasteiger partial charge in [0, 0.05) is 66.6 Å². The minimum Gasteiger partial charge on any atom is -0.457 e. The van der Waals surface area contributed by atoms with Crippen molar-refractivity contribution in [2.75, 3.05) is 0 Å². The Hall–Kier alpha value is -6.50. The van der Waals surface area contributed by atoms with Crippen LogP contribution in [-0.4, -0.2) is 19.3 Å². The van der Waals surface area contributed by atoms with E-state index in [9.17, 15) is 0 Å². The Morgan fingerprint density at radius 2 is 1.32 bits per heavy atom. The van der Waals surface area contributed by atoms with Crippen LogP contribution in [0.1, 0.15) is 0 Å². The van der Waals surface area contributed by atoms with E-state index in [1.165, 1.54) is 25.6 Å². The normalized spacial score (nSPS) is 11.6. The Morgan fingerprint density at radius 1 is 0.560 bits per heavy atom. The molecule has 4 aromatic heterocycles. The lowest BCUT2D eigenvalue weighted by atomic mass is 10.0. The van der Waals surface area contributed by atoms with Gasteiger partial charge in [-0.3, -0.25) is 4.57 Å². The highest BCUT2D eigenvalue weighted by atomic mass is 32.1. The van der Waals surface area contributed by atoms with Crippen LogP contribution < -0.4 is 4.74 Å². The Morgan fingerprint density at radius 3 is 2.16 bits per heavy atom. The van der Waals surface area contributed by atoms with E-state index in [1.807, 2.05) is 76.8 Å². The molecule has 0 aliphatic heterocycles. The Balaban J connectivity index is 1.09. The number of pyridine rings is 1. The second-order valence-corrected chi connectivity index (χ2v) is 13.4. The van der Waals surface area contributed by atoms with Crippen molar-refractivity contribution in [3.63, 3.8) is 0 Å². The maximum atomic E-state index is 6.61. The molecule has 0 aliphatic carbocycles. The average Bonchev–Trinajstić information content (AvgIpc) is 3.88. The number of rotatable bonds is 6. The van der Waals surface area contributed by atoms with Crippen LogP contribution in [0.4, 0.5) is 0 Å². The molecule has 0 fully saturated rings. The third-order valence-corrected chi connectivity index (χ3v) is 10.4. The summed E-state index contributed by atoms with van der Waals surface area (Å²) in [5.41, 5.74) is 7.32. The monoisotopic (exact) mass is 660 g/mol. The van der Waals surface area contributed by atoms with Gasteiger partial charge in [0.15, 0.2) is 0 Å². The summed E-state index contributed by atoms with van der Waals surface area (Å²) in [5, 5.41) is 9.94. The first kappa shape index (κ1) is 28.5. The first-order valence-corrected chi connectivity index (χ1v) is 17.4. The summed E-state index contributed by atoms with van der Waals surface area (Å²) in [7, 11) is 0. The van der Waals surface area contributed by atoms with Gasteiger partial charge in [0.2, 0.25) is 0 Å². The Labute approximate surface area is 291 Å². The fourth-order valence-electron chi connectivity index (χ4n) is 7.05. The summed E-state index contributed by atoms with van der Waals surface area (Å²) >= 11 is 1.83. The predicted molar refractivity (Wildman–Crippen MR) is 206 cm³/mol. The van der Waals surface area contributed by atoms with Crippen molar-refractivity contribution in [2.24, 2.45) is 0 Å². The number of thiophene rings is 1. The van der Waals surface area contributed by atoms with Crippen LogP contribution in [0.2, 0.25) is 0 Å². The predicted octanol–water partition coefficient (Wildman–Crippen LogP) is 11.9. The zero-order valence-corrected chi connectivity index (χ0v) is 27.6. The standard InChI is InChI=1S/C44H28N4OS/c1-3-12-29(13-4-1)37-28-47(46-43(37)30-14-5-2-6-15-30)31-16-11-17-32(26-31)49-33-21-22-34-35-23-24-40-42(36-18-7-8-19-39(36)50-40)44(35)48(38(34)27-33)41-20-9-10-25-45-41/h1-28H. The highest BCUT2D eigenvalue weighted by Crippen LogP contribution is 2.43. The van der Waals surface area contributed by atoms with Crippen LogP contribution in [0.5, 0.6) is 11.5 Å². The average molecular weight is 661 g/mol. The van der Waals surface area contributed by atoms with E-state index >= 15 is 0 Å². The SMILES string of the molecule is c1ccc(-c2cn(-c3cccc(Oc4ccc5c6ccc7sc8ccccc8c7c6n(-c6ccccn6)c5c4)c3)nc2-c2ccccc2)cc1. The van der Waals surface area contributed by atoms with Gasteiger partial charge in [-0.25, -0.2) is 9.67 Å². The van der Waals surface area contributed by atoms with Crippen molar-refractivity contribution in [3.05, 3.63) is 170 Å². The topological polar surface area (TPSA) is 44.9 Å². The zero-order valence-electron chi connectivity index (χ0n) is 26.8. The van der Waals surface area contributed by atoms with Crippen molar-refractivity contribution in [3.8, 4) is 45.4 Å². The lowest BCUT2D eigenvalue weighted by molar-refractivity contribution is 0.483. The van der Waals surface area contributed by atoms with E-state index in [0.29, 0.717) is 0 Å². The van der Waals surface area contributed by atoms with Crippen LogP contribution in [0.15, 0.2) is 170 Å². The summed E-state index contributed by atoms with van der Waals surface area (Å²) in [5.74, 6) is 2.35. The van der Waals surface area contributed by atoms with Gasteiger partial charge in [0.05, 0.1) is 16.7 Å². The number of aromatic nitrogens is 4. The van der Waals surface area contributed by atoms with E-state index in [4.69, 9.17) is 14.8 Å². The van der Waals surface area contributed by atoms with Gasteiger partial charge in [0.25, 0.3) is 0 Å². The van der Waals surface area contributed by atoms with Crippen molar-refractivity contribution in [2.45, 2.75) is 0 Å². The molecule has 0 N–H and O–H groups in total. The summed E-state index contributed by atoms with van der Waals surface area (Å²) < 4.78 is 13.4. The molecule has 10 aromatic rings. The highest BCUT2D eigenvalue weighted by molar-refractivity contribution is 7.26. The van der Waals surface area contributed by atoms with Crippen molar-refractivity contribution < 1.29 is 4.74 Å². The lowest BCUT2D eigenvalue weighted by Gasteiger charge is -2.10. The number of fused-ring (bicyclic) bond motifs is 7. The lowest BCUT2D eigenvalue weighted by Crippen LogP contribution is -1.97. The molecule has 5 nitrogen and oxygen atoms in total. The molecule has 236 valence electrons. The molecule has 0 saturated carbocycles. The fraction of sp³-hybridized carbons (Fsp3) is 0. The molecule has 4 heterocycles. The Bertz CT molecular complexity index is 2780. The number of benzene rings is 6. The molecule has 0 spiro atoms. The van der Waals surface area contributed by atoms with Gasteiger partial charge < -0.3 is 4.74 Å². The first-order chi connectivity index (χ1) is 24.8. The van der Waals surface area contributed by atoms with Crippen LogP contribution in [-0.2, 0) is 0 Å².